The molecule has 0 aliphatic rings. The van der Waals surface area contributed by atoms with Crippen molar-refractivity contribution in [2.24, 2.45) is 5.92 Å². The molecule has 0 bridgehead atoms. The summed E-state index contributed by atoms with van der Waals surface area (Å²) in [4.78, 5) is 12.1. The molecule has 134 valence electrons. The molecule has 0 saturated heterocycles. The average molecular weight is 350 g/mol. The van der Waals surface area contributed by atoms with Crippen molar-refractivity contribution in [3.63, 3.8) is 0 Å². The Bertz CT molecular complexity index is 682. The van der Waals surface area contributed by atoms with Crippen LogP contribution in [0.2, 0.25) is 0 Å². The Labute approximate surface area is 145 Å². The van der Waals surface area contributed by atoms with E-state index in [0.717, 1.165) is 12.1 Å². The first-order valence-corrected chi connectivity index (χ1v) is 8.04. The van der Waals surface area contributed by atoms with E-state index in [9.17, 15) is 18.0 Å². The molecule has 0 spiro atoms. The second-order valence-corrected chi connectivity index (χ2v) is 6.15. The van der Waals surface area contributed by atoms with Gasteiger partial charge < -0.3 is 10.6 Å². The number of carbonyl (C=O) groups excluding carboxylic acids is 1. The molecule has 0 aliphatic heterocycles. The molecule has 1 atom stereocenters. The molecule has 1 amide bonds. The zero-order valence-corrected chi connectivity index (χ0v) is 14.1. The molecule has 0 unspecified atom stereocenters. The number of nitrogens with one attached hydrogen (secondary N) is 2. The molecule has 0 aliphatic carbocycles. The van der Waals surface area contributed by atoms with Gasteiger partial charge in [-0.2, -0.15) is 13.2 Å². The van der Waals surface area contributed by atoms with Gasteiger partial charge in [0.2, 0.25) is 0 Å². The minimum atomic E-state index is -4.35. The van der Waals surface area contributed by atoms with Crippen LogP contribution in [0.3, 0.4) is 0 Å². The largest absolute Gasteiger partial charge is 0.416 e. The molecule has 25 heavy (non-hydrogen) atoms. The second-order valence-electron chi connectivity index (χ2n) is 6.15. The normalized spacial score (nSPS) is 12.7. The molecule has 2 N–H and O–H groups in total. The predicted octanol–water partition coefficient (Wildman–Crippen LogP) is 4.57. The van der Waals surface area contributed by atoms with E-state index >= 15 is 0 Å². The summed E-state index contributed by atoms with van der Waals surface area (Å²) in [7, 11) is 0. The van der Waals surface area contributed by atoms with Crippen molar-refractivity contribution in [3.8, 4) is 0 Å². The summed E-state index contributed by atoms with van der Waals surface area (Å²) in [6.45, 7) is 4.33. The van der Waals surface area contributed by atoms with Gasteiger partial charge in [-0.15, -0.1) is 0 Å². The molecule has 0 heterocycles. The zero-order valence-electron chi connectivity index (χ0n) is 14.1. The van der Waals surface area contributed by atoms with Crippen LogP contribution in [0.1, 0.15) is 29.8 Å². The quantitative estimate of drug-likeness (QED) is 0.801. The van der Waals surface area contributed by atoms with Crippen LogP contribution in [-0.2, 0) is 6.18 Å². The smallest absolute Gasteiger partial charge is 0.380 e. The van der Waals surface area contributed by atoms with Crippen LogP contribution in [0.5, 0.6) is 0 Å². The Kier molecular flexibility index (Phi) is 6.07. The summed E-state index contributed by atoms with van der Waals surface area (Å²) in [6.07, 6.45) is -4.35. The van der Waals surface area contributed by atoms with Crippen LogP contribution < -0.4 is 10.6 Å². The number of hydrogen-bond acceptors (Lipinski definition) is 2. The molecule has 2 rings (SSSR count). The van der Waals surface area contributed by atoms with E-state index in [4.69, 9.17) is 0 Å². The zero-order chi connectivity index (χ0) is 18.4. The highest BCUT2D eigenvalue weighted by Gasteiger charge is 2.30. The van der Waals surface area contributed by atoms with Gasteiger partial charge in [0.25, 0.3) is 5.91 Å². The van der Waals surface area contributed by atoms with Crippen molar-refractivity contribution >= 4 is 11.6 Å². The number of carbonyl (C=O) groups is 1. The van der Waals surface area contributed by atoms with Crippen LogP contribution in [0.25, 0.3) is 0 Å². The first-order chi connectivity index (χ1) is 11.8. The second kappa shape index (κ2) is 8.05. The van der Waals surface area contributed by atoms with E-state index in [1.807, 2.05) is 19.9 Å². The number of rotatable bonds is 6. The summed E-state index contributed by atoms with van der Waals surface area (Å²) in [6, 6.07) is 13.6. The van der Waals surface area contributed by atoms with E-state index in [1.54, 1.807) is 24.3 Å². The van der Waals surface area contributed by atoms with E-state index in [-0.39, 0.29) is 17.9 Å². The van der Waals surface area contributed by atoms with Crippen molar-refractivity contribution < 1.29 is 18.0 Å². The lowest BCUT2D eigenvalue weighted by Gasteiger charge is -2.24. The van der Waals surface area contributed by atoms with Gasteiger partial charge in [0.1, 0.15) is 0 Å². The Balaban J connectivity index is 1.98. The van der Waals surface area contributed by atoms with Gasteiger partial charge in [-0.25, -0.2) is 0 Å². The van der Waals surface area contributed by atoms with E-state index in [1.165, 1.54) is 12.1 Å². The van der Waals surface area contributed by atoms with Crippen LogP contribution >= 0.6 is 0 Å². The SMILES string of the molecule is CC(C)[C@H](CNC(=O)c1ccccc1)Nc1ccc(C(F)(F)F)cc1. The van der Waals surface area contributed by atoms with Crippen molar-refractivity contribution in [1.82, 2.24) is 5.32 Å². The van der Waals surface area contributed by atoms with Crippen molar-refractivity contribution in [2.75, 3.05) is 11.9 Å². The highest BCUT2D eigenvalue weighted by Crippen LogP contribution is 2.30. The van der Waals surface area contributed by atoms with Gasteiger partial charge >= 0.3 is 6.18 Å². The molecule has 0 aromatic heterocycles. The van der Waals surface area contributed by atoms with Crippen LogP contribution in [0, 0.1) is 5.92 Å². The van der Waals surface area contributed by atoms with Gasteiger partial charge in [0.05, 0.1) is 5.56 Å². The van der Waals surface area contributed by atoms with Gasteiger partial charge in [-0.3, -0.25) is 4.79 Å². The number of anilines is 1. The third-order valence-electron chi connectivity index (χ3n) is 3.89. The van der Waals surface area contributed by atoms with E-state index in [0.29, 0.717) is 17.8 Å². The number of halogens is 3. The topological polar surface area (TPSA) is 41.1 Å². The van der Waals surface area contributed by atoms with Crippen LogP contribution in [0.15, 0.2) is 54.6 Å². The maximum Gasteiger partial charge on any atom is 0.416 e. The first-order valence-electron chi connectivity index (χ1n) is 8.04. The summed E-state index contributed by atoms with van der Waals surface area (Å²) >= 11 is 0. The Hall–Kier alpha value is -2.50. The maximum atomic E-state index is 12.6. The van der Waals surface area contributed by atoms with E-state index in [2.05, 4.69) is 10.6 Å². The fourth-order valence-electron chi connectivity index (χ4n) is 2.32. The molecule has 0 fully saturated rings. The molecular weight excluding hydrogens is 329 g/mol. The Morgan fingerprint density at radius 3 is 2.12 bits per heavy atom. The third-order valence-corrected chi connectivity index (χ3v) is 3.89. The van der Waals surface area contributed by atoms with Crippen molar-refractivity contribution in [3.05, 3.63) is 65.7 Å². The molecule has 6 heteroatoms. The summed E-state index contributed by atoms with van der Waals surface area (Å²) < 4.78 is 37.8. The van der Waals surface area contributed by atoms with Crippen LogP contribution in [0.4, 0.5) is 18.9 Å². The van der Waals surface area contributed by atoms with Gasteiger partial charge in [-0.1, -0.05) is 32.0 Å². The standard InChI is InChI=1S/C19H21F3N2O/c1-13(2)17(12-23-18(25)14-6-4-3-5-7-14)24-16-10-8-15(9-11-16)19(20,21)22/h3-11,13,17,24H,12H2,1-2H3,(H,23,25)/t17-/m0/s1. The predicted molar refractivity (Wildman–Crippen MR) is 92.5 cm³/mol. The monoisotopic (exact) mass is 350 g/mol. The Morgan fingerprint density at radius 1 is 1.00 bits per heavy atom. The lowest BCUT2D eigenvalue weighted by Crippen LogP contribution is -2.39. The summed E-state index contributed by atoms with van der Waals surface area (Å²) in [5.41, 5.74) is 0.469. The first kappa shape index (κ1) is 18.8. The molecule has 3 nitrogen and oxygen atoms in total. The van der Waals surface area contributed by atoms with Gasteiger partial charge in [-0.05, 0) is 42.3 Å². The molecule has 0 saturated carbocycles. The number of alkyl halides is 3. The Morgan fingerprint density at radius 2 is 1.60 bits per heavy atom. The lowest BCUT2D eigenvalue weighted by molar-refractivity contribution is -0.137. The minimum absolute atomic E-state index is 0.107. The number of benzene rings is 2. The van der Waals surface area contributed by atoms with Crippen molar-refractivity contribution in [1.29, 1.82) is 0 Å². The minimum Gasteiger partial charge on any atom is -0.380 e. The summed E-state index contributed by atoms with van der Waals surface area (Å²) in [5.74, 6) is -0.00108. The van der Waals surface area contributed by atoms with Crippen LogP contribution in [-0.4, -0.2) is 18.5 Å². The fourth-order valence-corrected chi connectivity index (χ4v) is 2.32. The highest BCUT2D eigenvalue weighted by molar-refractivity contribution is 5.94. The number of amides is 1. The lowest BCUT2D eigenvalue weighted by atomic mass is 10.0. The average Bonchev–Trinajstić information content (AvgIpc) is 2.58. The van der Waals surface area contributed by atoms with Gasteiger partial charge in [0.15, 0.2) is 0 Å². The highest BCUT2D eigenvalue weighted by atomic mass is 19.4. The fraction of sp³-hybridized carbons (Fsp3) is 0.316. The molecular formula is C19H21F3N2O. The number of hydrogen-bond donors (Lipinski definition) is 2. The van der Waals surface area contributed by atoms with E-state index < -0.39 is 11.7 Å². The maximum absolute atomic E-state index is 12.6. The van der Waals surface area contributed by atoms with Crippen molar-refractivity contribution in [2.45, 2.75) is 26.1 Å². The molecule has 0 radical (unpaired) electrons. The molecule has 2 aromatic carbocycles. The molecule has 2 aromatic rings. The van der Waals surface area contributed by atoms with Gasteiger partial charge in [0, 0.05) is 23.8 Å². The third kappa shape index (κ3) is 5.52. The summed E-state index contributed by atoms with van der Waals surface area (Å²) in [5, 5.41) is 6.04.